The van der Waals surface area contributed by atoms with E-state index in [1.165, 1.54) is 16.5 Å². The molecule has 0 aromatic heterocycles. The van der Waals surface area contributed by atoms with Crippen LogP contribution in [0.2, 0.25) is 0 Å². The van der Waals surface area contributed by atoms with Crippen molar-refractivity contribution in [2.24, 2.45) is 0 Å². The standard InChI is InChI=1S/C24H23F2N3O2S/c25-19-8-9-23(26)22(15-19)24-7-4-12-27(24)20-10-13-28-21(16-20)11-14-29(28)32(30,31)17-18-5-2-1-3-6-18/h1-3,5-6,8-11,13,15-16,24H,4,7,12,14,17H2/t24-/m1/s1. The zero-order valence-electron chi connectivity index (χ0n) is 17.4. The van der Waals surface area contributed by atoms with Gasteiger partial charge >= 0.3 is 0 Å². The SMILES string of the molecule is O=S(=O)(Cc1ccccc1)N1CC=C2C=C(N3CCC[C@@H]3c3cc(F)ccc3F)C=CN21. The first-order chi connectivity index (χ1) is 15.4. The minimum atomic E-state index is -3.56. The summed E-state index contributed by atoms with van der Waals surface area (Å²) in [6.07, 6.45) is 8.93. The van der Waals surface area contributed by atoms with E-state index in [1.54, 1.807) is 23.3 Å². The number of allylic oxidation sites excluding steroid dienone is 2. The monoisotopic (exact) mass is 455 g/mol. The Labute approximate surface area is 186 Å². The third kappa shape index (κ3) is 3.84. The fourth-order valence-corrected chi connectivity index (χ4v) is 6.05. The molecule has 32 heavy (non-hydrogen) atoms. The van der Waals surface area contributed by atoms with E-state index in [9.17, 15) is 17.2 Å². The molecule has 2 aromatic rings. The topological polar surface area (TPSA) is 43.9 Å². The Morgan fingerprint density at radius 1 is 1.03 bits per heavy atom. The Hall–Kier alpha value is -2.97. The maximum Gasteiger partial charge on any atom is 0.235 e. The van der Waals surface area contributed by atoms with Crippen LogP contribution in [0, 0.1) is 11.6 Å². The summed E-state index contributed by atoms with van der Waals surface area (Å²) in [5.41, 5.74) is 2.70. The number of rotatable bonds is 5. The molecule has 3 aliphatic rings. The van der Waals surface area contributed by atoms with Crippen LogP contribution < -0.4 is 0 Å². The van der Waals surface area contributed by atoms with Crippen molar-refractivity contribution in [2.75, 3.05) is 13.1 Å². The second kappa shape index (κ2) is 8.18. The largest absolute Gasteiger partial charge is 0.364 e. The third-order valence-corrected chi connectivity index (χ3v) is 7.72. The molecule has 0 saturated carbocycles. The molecule has 1 atom stereocenters. The van der Waals surface area contributed by atoms with Crippen molar-refractivity contribution in [1.29, 1.82) is 0 Å². The van der Waals surface area contributed by atoms with Gasteiger partial charge in [-0.1, -0.05) is 30.3 Å². The molecule has 1 fully saturated rings. The number of nitrogens with zero attached hydrogens (tertiary/aromatic N) is 3. The van der Waals surface area contributed by atoms with E-state index >= 15 is 0 Å². The quantitative estimate of drug-likeness (QED) is 0.668. The number of halogens is 2. The maximum atomic E-state index is 14.4. The van der Waals surface area contributed by atoms with E-state index in [4.69, 9.17) is 0 Å². The van der Waals surface area contributed by atoms with E-state index in [2.05, 4.69) is 4.90 Å². The Balaban J connectivity index is 1.36. The van der Waals surface area contributed by atoms with Crippen LogP contribution in [0.4, 0.5) is 8.78 Å². The van der Waals surface area contributed by atoms with Gasteiger partial charge in [-0.25, -0.2) is 17.2 Å². The van der Waals surface area contributed by atoms with Gasteiger partial charge in [-0.2, -0.15) is 0 Å². The molecule has 0 bridgehead atoms. The van der Waals surface area contributed by atoms with Crippen molar-refractivity contribution in [1.82, 2.24) is 14.3 Å². The summed E-state index contributed by atoms with van der Waals surface area (Å²) in [5.74, 6) is -0.947. The van der Waals surface area contributed by atoms with Gasteiger partial charge in [-0.3, -0.25) is 5.01 Å². The first kappa shape index (κ1) is 20.9. The van der Waals surface area contributed by atoms with Crippen molar-refractivity contribution in [3.05, 3.63) is 107 Å². The highest BCUT2D eigenvalue weighted by atomic mass is 32.2. The molecule has 166 valence electrons. The molecule has 1 saturated heterocycles. The summed E-state index contributed by atoms with van der Waals surface area (Å²) in [5, 5.41) is 1.63. The van der Waals surface area contributed by atoms with Crippen molar-refractivity contribution < 1.29 is 17.2 Å². The lowest BCUT2D eigenvalue weighted by Crippen LogP contribution is -2.40. The van der Waals surface area contributed by atoms with Gasteiger partial charge in [-0.15, -0.1) is 4.41 Å². The number of hydrogen-bond donors (Lipinski definition) is 0. The second-order valence-electron chi connectivity index (χ2n) is 8.12. The maximum absolute atomic E-state index is 14.4. The molecule has 0 spiro atoms. The number of sulfonamides is 1. The summed E-state index contributed by atoms with van der Waals surface area (Å²) < 4.78 is 55.6. The average molecular weight is 456 g/mol. The van der Waals surface area contributed by atoms with Crippen molar-refractivity contribution in [3.8, 4) is 0 Å². The third-order valence-electron chi connectivity index (χ3n) is 6.06. The van der Waals surface area contributed by atoms with Gasteiger partial charge in [0.1, 0.15) is 11.6 Å². The van der Waals surface area contributed by atoms with Gasteiger partial charge < -0.3 is 4.90 Å². The van der Waals surface area contributed by atoms with Gasteiger partial charge in [0.2, 0.25) is 10.0 Å². The Kier molecular flexibility index (Phi) is 5.35. The molecule has 0 aliphatic carbocycles. The summed E-state index contributed by atoms with van der Waals surface area (Å²) in [6, 6.07) is 12.4. The van der Waals surface area contributed by atoms with Crippen LogP contribution in [-0.2, 0) is 15.8 Å². The summed E-state index contributed by atoms with van der Waals surface area (Å²) in [7, 11) is -3.56. The Morgan fingerprint density at radius 3 is 2.66 bits per heavy atom. The molecular formula is C24H23F2N3O2S. The minimum Gasteiger partial charge on any atom is -0.364 e. The fraction of sp³-hybridized carbons (Fsp3) is 0.250. The molecule has 5 rings (SSSR count). The highest BCUT2D eigenvalue weighted by molar-refractivity contribution is 7.88. The number of likely N-dealkylation sites (tertiary alicyclic amines) is 1. The summed E-state index contributed by atoms with van der Waals surface area (Å²) in [6.45, 7) is 0.973. The van der Waals surface area contributed by atoms with Gasteiger partial charge in [0.15, 0.2) is 0 Å². The Bertz CT molecular complexity index is 1230. The van der Waals surface area contributed by atoms with Gasteiger partial charge in [0.25, 0.3) is 0 Å². The summed E-state index contributed by atoms with van der Waals surface area (Å²) >= 11 is 0. The predicted molar refractivity (Wildman–Crippen MR) is 118 cm³/mol. The number of hydrogen-bond acceptors (Lipinski definition) is 4. The zero-order valence-corrected chi connectivity index (χ0v) is 18.2. The lowest BCUT2D eigenvalue weighted by molar-refractivity contribution is 0.205. The van der Waals surface area contributed by atoms with Crippen LogP contribution in [0.5, 0.6) is 0 Å². The molecule has 3 aliphatic heterocycles. The van der Waals surface area contributed by atoms with E-state index in [-0.39, 0.29) is 18.3 Å². The molecule has 0 radical (unpaired) electrons. The Morgan fingerprint density at radius 2 is 1.84 bits per heavy atom. The van der Waals surface area contributed by atoms with Crippen molar-refractivity contribution in [2.45, 2.75) is 24.6 Å². The van der Waals surface area contributed by atoms with Crippen molar-refractivity contribution >= 4 is 10.0 Å². The lowest BCUT2D eigenvalue weighted by Gasteiger charge is -2.34. The number of fused-ring (bicyclic) bond motifs is 1. The molecule has 0 N–H and O–H groups in total. The second-order valence-corrected chi connectivity index (χ2v) is 10.00. The molecule has 8 heteroatoms. The van der Waals surface area contributed by atoms with Gasteiger partial charge in [0, 0.05) is 24.0 Å². The average Bonchev–Trinajstić information content (AvgIpc) is 3.43. The molecule has 2 aromatic carbocycles. The molecule has 0 unspecified atom stereocenters. The van der Waals surface area contributed by atoms with E-state index in [1.807, 2.05) is 36.4 Å². The number of hydrazine groups is 1. The van der Waals surface area contributed by atoms with Crippen LogP contribution in [0.1, 0.15) is 30.0 Å². The van der Waals surface area contributed by atoms with Crippen LogP contribution in [-0.4, -0.2) is 35.8 Å². The fourth-order valence-electron chi connectivity index (χ4n) is 4.57. The van der Waals surface area contributed by atoms with Crippen molar-refractivity contribution in [3.63, 3.8) is 0 Å². The summed E-state index contributed by atoms with van der Waals surface area (Å²) in [4.78, 5) is 2.06. The normalized spacial score (nSPS) is 21.0. The number of benzene rings is 2. The highest BCUT2D eigenvalue weighted by Crippen LogP contribution is 2.39. The molecule has 0 amide bonds. The van der Waals surface area contributed by atoms with E-state index in [0.29, 0.717) is 5.56 Å². The highest BCUT2D eigenvalue weighted by Gasteiger charge is 2.35. The van der Waals surface area contributed by atoms with Crippen LogP contribution in [0.3, 0.4) is 0 Å². The van der Waals surface area contributed by atoms with Gasteiger partial charge in [0.05, 0.1) is 24.0 Å². The zero-order chi connectivity index (χ0) is 22.3. The predicted octanol–water partition coefficient (Wildman–Crippen LogP) is 4.46. The first-order valence-electron chi connectivity index (χ1n) is 10.6. The van der Waals surface area contributed by atoms with Crippen LogP contribution in [0.15, 0.2) is 84.4 Å². The smallest absolute Gasteiger partial charge is 0.235 e. The minimum absolute atomic E-state index is 0.0804. The lowest BCUT2D eigenvalue weighted by atomic mass is 10.0. The molecule has 3 heterocycles. The van der Waals surface area contributed by atoms with E-state index < -0.39 is 21.7 Å². The van der Waals surface area contributed by atoms with Gasteiger partial charge in [-0.05, 0) is 54.8 Å². The van der Waals surface area contributed by atoms with Crippen LogP contribution in [0.25, 0.3) is 0 Å². The molecular weight excluding hydrogens is 432 g/mol. The van der Waals surface area contributed by atoms with E-state index in [0.717, 1.165) is 42.4 Å². The van der Waals surface area contributed by atoms with Crippen LogP contribution >= 0.6 is 0 Å². The first-order valence-corrected chi connectivity index (χ1v) is 12.2. The molecule has 5 nitrogen and oxygen atoms in total.